The van der Waals surface area contributed by atoms with Crippen LogP contribution in [0.15, 0.2) is 237 Å². The van der Waals surface area contributed by atoms with Crippen LogP contribution in [-0.2, 0) is 47.8 Å². The third-order valence-corrected chi connectivity index (χ3v) is 17.6. The average molecular weight is 1020 g/mol. The summed E-state index contributed by atoms with van der Waals surface area (Å²) in [4.78, 5) is 0.785. The summed E-state index contributed by atoms with van der Waals surface area (Å²) >= 11 is 0. The zero-order valence-corrected chi connectivity index (χ0v) is 42.6. The Morgan fingerprint density at radius 3 is 0.972 bits per heavy atom. The summed E-state index contributed by atoms with van der Waals surface area (Å²) in [6.07, 6.45) is 4.66. The van der Waals surface area contributed by atoms with Gasteiger partial charge in [0.2, 0.25) is 29.5 Å². The van der Waals surface area contributed by atoms with Gasteiger partial charge in [-0.3, -0.25) is 0 Å². The first-order valence-electron chi connectivity index (χ1n) is 22.8. The molecule has 0 aliphatic carbocycles. The molecule has 0 radical (unpaired) electrons. The van der Waals surface area contributed by atoms with Crippen LogP contribution in [-0.4, -0.2) is 32.4 Å². The smallest absolute Gasteiger partial charge is 0.206 e. The van der Waals surface area contributed by atoms with Crippen LogP contribution in [0.2, 0.25) is 0 Å². The summed E-state index contributed by atoms with van der Waals surface area (Å²) in [5, 5.41) is 0. The third-order valence-electron chi connectivity index (χ3n) is 12.2. The Balaban J connectivity index is 0.928. The Morgan fingerprint density at radius 2 is 0.681 bits per heavy atom. The first kappa shape index (κ1) is 50.7. The van der Waals surface area contributed by atoms with E-state index < -0.39 is 34.9 Å². The third kappa shape index (κ3) is 10.9. The lowest BCUT2D eigenvalue weighted by Crippen LogP contribution is -2.19. The van der Waals surface area contributed by atoms with Gasteiger partial charge in [-0.15, -0.1) is 13.2 Å². The summed E-state index contributed by atoms with van der Waals surface area (Å²) in [5.74, 6) is 3.48. The number of sulfone groups is 3. The van der Waals surface area contributed by atoms with Crippen molar-refractivity contribution in [3.63, 3.8) is 0 Å². The molecule has 0 heterocycles. The van der Waals surface area contributed by atoms with E-state index in [4.69, 9.17) is 18.9 Å². The molecule has 0 aromatic heterocycles. The Morgan fingerprint density at radius 1 is 0.403 bits per heavy atom. The maximum Gasteiger partial charge on any atom is 0.206 e. The number of hydrogen-bond donors (Lipinski definition) is 0. The lowest BCUT2D eigenvalue weighted by atomic mass is 9.76. The van der Waals surface area contributed by atoms with Crippen molar-refractivity contribution in [3.8, 4) is 40.2 Å². The normalized spacial score (nSPS) is 11.9. The quantitative estimate of drug-likeness (QED) is 0.0719. The standard InChI is InChI=1S/C59H52O10S3/c1-7-9-42-39-44(13-37-57(42)68-49-21-33-55(34-22-49)71(62,63)52-27-15-46(66-6)16-28-52)59(4,5)45-14-38-58(43(40-45)10-8-2)69-50-23-35-56(36-24-50)72(64,65)54-31-19-48(20-32-54)67-47-17-29-53(30-18-47)70(60,61)51-25-11-41(3)12-26-51/h7-8,11-40H,1-2,9-10H2,3-6H3. The zero-order valence-electron chi connectivity index (χ0n) is 40.1. The lowest BCUT2D eigenvalue weighted by Gasteiger charge is -2.28. The Bertz CT molecular complexity index is 3590. The predicted molar refractivity (Wildman–Crippen MR) is 279 cm³/mol. The van der Waals surface area contributed by atoms with Crippen LogP contribution in [0.3, 0.4) is 0 Å². The highest BCUT2D eigenvalue weighted by Crippen LogP contribution is 2.39. The zero-order chi connectivity index (χ0) is 51.3. The molecule has 0 spiro atoms. The molecule has 366 valence electrons. The number of methoxy groups -OCH3 is 1. The minimum absolute atomic E-state index is 0.0691. The molecule has 8 aromatic rings. The molecule has 0 N–H and O–H groups in total. The predicted octanol–water partition coefficient (Wildman–Crippen LogP) is 13.7. The van der Waals surface area contributed by atoms with Crippen molar-refractivity contribution in [1.29, 1.82) is 0 Å². The van der Waals surface area contributed by atoms with Gasteiger partial charge in [0, 0.05) is 5.41 Å². The molecule has 8 rings (SSSR count). The fourth-order valence-electron chi connectivity index (χ4n) is 7.95. The lowest BCUT2D eigenvalue weighted by molar-refractivity contribution is 0.414. The summed E-state index contributed by atoms with van der Waals surface area (Å²) in [5.41, 5.74) is 4.34. The van der Waals surface area contributed by atoms with E-state index in [1.54, 1.807) is 91.0 Å². The van der Waals surface area contributed by atoms with Gasteiger partial charge in [-0.1, -0.05) is 68.0 Å². The molecule has 0 fully saturated rings. The Labute approximate surface area is 422 Å². The Hall–Kier alpha value is -7.71. The van der Waals surface area contributed by atoms with Crippen LogP contribution in [0.1, 0.15) is 41.7 Å². The minimum Gasteiger partial charge on any atom is -0.497 e. The van der Waals surface area contributed by atoms with Gasteiger partial charge in [0.05, 0.1) is 36.5 Å². The molecule has 0 saturated heterocycles. The fourth-order valence-corrected chi connectivity index (χ4v) is 11.7. The number of aryl methyl sites for hydroxylation is 1. The highest BCUT2D eigenvalue weighted by Gasteiger charge is 2.27. The van der Waals surface area contributed by atoms with Crippen molar-refractivity contribution >= 4 is 29.5 Å². The molecule has 0 saturated carbocycles. The maximum absolute atomic E-state index is 13.7. The molecule has 13 heteroatoms. The molecule has 0 aliphatic rings. The second kappa shape index (κ2) is 20.9. The highest BCUT2D eigenvalue weighted by molar-refractivity contribution is 7.92. The van der Waals surface area contributed by atoms with E-state index >= 15 is 0 Å². The Kier molecular flexibility index (Phi) is 14.7. The number of allylic oxidation sites excluding steroid dienone is 2. The van der Waals surface area contributed by atoms with E-state index in [1.165, 1.54) is 67.8 Å². The van der Waals surface area contributed by atoms with E-state index in [0.29, 0.717) is 53.1 Å². The molecule has 0 atom stereocenters. The van der Waals surface area contributed by atoms with Crippen molar-refractivity contribution in [3.05, 3.63) is 235 Å². The van der Waals surface area contributed by atoms with Crippen molar-refractivity contribution in [2.24, 2.45) is 0 Å². The average Bonchev–Trinajstić information content (AvgIpc) is 3.38. The molecular formula is C59H52O10S3. The molecular weight excluding hydrogens is 965 g/mol. The second-order valence-corrected chi connectivity index (χ2v) is 23.3. The summed E-state index contributed by atoms with van der Waals surface area (Å²) in [6, 6.07) is 49.6. The van der Waals surface area contributed by atoms with Crippen LogP contribution in [0.5, 0.6) is 40.2 Å². The molecule has 0 bridgehead atoms. The van der Waals surface area contributed by atoms with E-state index in [-0.39, 0.29) is 29.4 Å². The van der Waals surface area contributed by atoms with Gasteiger partial charge in [-0.05, 0) is 188 Å². The van der Waals surface area contributed by atoms with Gasteiger partial charge in [0.25, 0.3) is 0 Å². The van der Waals surface area contributed by atoms with Gasteiger partial charge in [0.1, 0.15) is 40.2 Å². The van der Waals surface area contributed by atoms with Crippen molar-refractivity contribution < 1.29 is 44.2 Å². The first-order chi connectivity index (χ1) is 34.4. The monoisotopic (exact) mass is 1020 g/mol. The topological polar surface area (TPSA) is 139 Å². The van der Waals surface area contributed by atoms with E-state index in [0.717, 1.165) is 27.8 Å². The number of rotatable bonds is 19. The van der Waals surface area contributed by atoms with Crippen molar-refractivity contribution in [2.75, 3.05) is 7.11 Å². The van der Waals surface area contributed by atoms with Crippen molar-refractivity contribution in [2.45, 2.75) is 68.4 Å². The summed E-state index contributed by atoms with van der Waals surface area (Å²) < 4.78 is 104. The van der Waals surface area contributed by atoms with Crippen molar-refractivity contribution in [1.82, 2.24) is 0 Å². The molecule has 0 unspecified atom stereocenters. The molecule has 8 aromatic carbocycles. The van der Waals surface area contributed by atoms with E-state index in [9.17, 15) is 25.3 Å². The number of ether oxygens (including phenoxy) is 4. The largest absolute Gasteiger partial charge is 0.497 e. The van der Waals surface area contributed by atoms with Crippen LogP contribution < -0.4 is 18.9 Å². The van der Waals surface area contributed by atoms with Crippen LogP contribution in [0, 0.1) is 6.92 Å². The molecule has 0 aliphatic heterocycles. The van der Waals surface area contributed by atoms with Crippen LogP contribution in [0.4, 0.5) is 0 Å². The van der Waals surface area contributed by atoms with Gasteiger partial charge < -0.3 is 18.9 Å². The van der Waals surface area contributed by atoms with Gasteiger partial charge in [-0.25, -0.2) is 25.3 Å². The number of benzene rings is 8. The van der Waals surface area contributed by atoms with Gasteiger partial charge in [0.15, 0.2) is 0 Å². The van der Waals surface area contributed by atoms with Gasteiger partial charge in [-0.2, -0.15) is 0 Å². The molecule has 72 heavy (non-hydrogen) atoms. The molecule has 0 amide bonds. The van der Waals surface area contributed by atoms with Crippen LogP contribution in [0.25, 0.3) is 0 Å². The van der Waals surface area contributed by atoms with E-state index in [2.05, 4.69) is 39.1 Å². The van der Waals surface area contributed by atoms with Gasteiger partial charge >= 0.3 is 0 Å². The molecule has 10 nitrogen and oxygen atoms in total. The SMILES string of the molecule is C=CCc1cc(C(C)(C)c2ccc(Oc3ccc(S(=O)(=O)c4ccc(Oc5ccc(S(=O)(=O)c6ccc(C)cc6)cc5)cc4)cc3)c(CC=C)c2)ccc1Oc1ccc(S(=O)(=O)c2ccc(OC)cc2)cc1. The van der Waals surface area contributed by atoms with E-state index in [1.807, 2.05) is 37.3 Å². The fraction of sp³-hybridized carbons (Fsp3) is 0.119. The van der Waals surface area contributed by atoms with Crippen LogP contribution >= 0.6 is 0 Å². The first-order valence-corrected chi connectivity index (χ1v) is 27.3. The minimum atomic E-state index is -3.90. The summed E-state index contributed by atoms with van der Waals surface area (Å²) in [6.45, 7) is 14.1. The highest BCUT2D eigenvalue weighted by atomic mass is 32.2. The second-order valence-electron chi connectivity index (χ2n) is 17.4. The maximum atomic E-state index is 13.7. The summed E-state index contributed by atoms with van der Waals surface area (Å²) in [7, 11) is -9.83. The number of hydrogen-bond acceptors (Lipinski definition) is 10.